The van der Waals surface area contributed by atoms with E-state index < -0.39 is 0 Å². The number of ether oxygens (including phenoxy) is 2. The van der Waals surface area contributed by atoms with Crippen LogP contribution >= 0.6 is 0 Å². The molecule has 88 valence electrons. The predicted octanol–water partition coefficient (Wildman–Crippen LogP) is 2.40. The van der Waals surface area contributed by atoms with Crippen molar-refractivity contribution in [3.63, 3.8) is 0 Å². The first-order valence-corrected chi connectivity index (χ1v) is 5.42. The molecule has 0 aliphatic heterocycles. The van der Waals surface area contributed by atoms with E-state index in [2.05, 4.69) is 0 Å². The summed E-state index contributed by atoms with van der Waals surface area (Å²) in [6.07, 6.45) is 0.787. The normalized spacial score (nSPS) is 14.4. The maximum Gasteiger partial charge on any atom is 0.147 e. The highest BCUT2D eigenvalue weighted by atomic mass is 16.7. The molecule has 0 amide bonds. The Morgan fingerprint density at radius 2 is 1.94 bits per heavy atom. The molecule has 1 rings (SSSR count). The second-order valence-electron chi connectivity index (χ2n) is 3.82. The van der Waals surface area contributed by atoms with Gasteiger partial charge in [0.15, 0.2) is 0 Å². The second kappa shape index (κ2) is 7.14. The number of aldehydes is 1. The van der Waals surface area contributed by atoms with Gasteiger partial charge in [-0.05, 0) is 12.5 Å². The van der Waals surface area contributed by atoms with Crippen LogP contribution in [0.2, 0.25) is 0 Å². The molecule has 1 aromatic carbocycles. The maximum absolute atomic E-state index is 10.5. The smallest absolute Gasteiger partial charge is 0.147 e. The summed E-state index contributed by atoms with van der Waals surface area (Å²) in [5.41, 5.74) is 1.11. The third-order valence-electron chi connectivity index (χ3n) is 2.48. The number of rotatable bonds is 7. The molecule has 0 saturated carbocycles. The van der Waals surface area contributed by atoms with Crippen molar-refractivity contribution in [2.45, 2.75) is 26.6 Å². The van der Waals surface area contributed by atoms with Gasteiger partial charge in [0.1, 0.15) is 13.1 Å². The summed E-state index contributed by atoms with van der Waals surface area (Å²) in [6.45, 7) is 4.44. The van der Waals surface area contributed by atoms with Crippen molar-refractivity contribution in [1.82, 2.24) is 0 Å². The highest BCUT2D eigenvalue weighted by molar-refractivity contribution is 5.53. The number of benzene rings is 1. The third kappa shape index (κ3) is 4.55. The Kier molecular flexibility index (Phi) is 5.75. The summed E-state index contributed by atoms with van der Waals surface area (Å²) in [6, 6.07) is 9.90. The molecule has 0 aromatic heterocycles. The first-order chi connectivity index (χ1) is 7.74. The minimum atomic E-state index is -0.103. The van der Waals surface area contributed by atoms with E-state index in [9.17, 15) is 4.79 Å². The highest BCUT2D eigenvalue weighted by Crippen LogP contribution is 2.05. The van der Waals surface area contributed by atoms with Crippen LogP contribution in [0.5, 0.6) is 0 Å². The number of hydrogen-bond acceptors (Lipinski definition) is 3. The quantitative estimate of drug-likeness (QED) is 0.404. The van der Waals surface area contributed by atoms with Crippen LogP contribution in [0.25, 0.3) is 0 Å². The zero-order valence-corrected chi connectivity index (χ0v) is 9.76. The molecule has 0 N–H and O–H groups in total. The summed E-state index contributed by atoms with van der Waals surface area (Å²) in [5.74, 6) is -0.0969. The van der Waals surface area contributed by atoms with Crippen molar-refractivity contribution in [2.75, 3.05) is 6.79 Å². The SMILES string of the molecule is C[C@H](C=O)[C@@H](C)OCOCc1ccccc1. The van der Waals surface area contributed by atoms with E-state index in [1.807, 2.05) is 44.2 Å². The van der Waals surface area contributed by atoms with Crippen LogP contribution < -0.4 is 0 Å². The van der Waals surface area contributed by atoms with Crippen molar-refractivity contribution < 1.29 is 14.3 Å². The van der Waals surface area contributed by atoms with Crippen molar-refractivity contribution in [3.8, 4) is 0 Å². The van der Waals surface area contributed by atoms with Crippen LogP contribution in [-0.4, -0.2) is 19.2 Å². The van der Waals surface area contributed by atoms with Crippen molar-refractivity contribution >= 4 is 6.29 Å². The zero-order chi connectivity index (χ0) is 11.8. The molecule has 0 spiro atoms. The fourth-order valence-corrected chi connectivity index (χ4v) is 1.15. The molecule has 3 heteroatoms. The van der Waals surface area contributed by atoms with Gasteiger partial charge in [0.25, 0.3) is 0 Å². The fraction of sp³-hybridized carbons (Fsp3) is 0.462. The van der Waals surface area contributed by atoms with Gasteiger partial charge in [-0.1, -0.05) is 37.3 Å². The number of carbonyl (C=O) groups excluding carboxylic acids is 1. The van der Waals surface area contributed by atoms with Gasteiger partial charge in [-0.25, -0.2) is 0 Å². The molecule has 0 heterocycles. The molecule has 16 heavy (non-hydrogen) atoms. The fourth-order valence-electron chi connectivity index (χ4n) is 1.15. The van der Waals surface area contributed by atoms with Gasteiger partial charge in [-0.3, -0.25) is 0 Å². The van der Waals surface area contributed by atoms with E-state index in [1.165, 1.54) is 0 Å². The zero-order valence-electron chi connectivity index (χ0n) is 9.76. The molecule has 0 fully saturated rings. The molecule has 2 atom stereocenters. The number of hydrogen-bond donors (Lipinski definition) is 0. The third-order valence-corrected chi connectivity index (χ3v) is 2.48. The molecule has 1 aromatic rings. The Morgan fingerprint density at radius 3 is 2.56 bits per heavy atom. The van der Waals surface area contributed by atoms with Gasteiger partial charge >= 0.3 is 0 Å². The maximum atomic E-state index is 10.5. The molecule has 0 radical (unpaired) electrons. The van der Waals surface area contributed by atoms with Crippen LogP contribution in [0.1, 0.15) is 19.4 Å². The van der Waals surface area contributed by atoms with E-state index in [0.717, 1.165) is 11.8 Å². The Balaban J connectivity index is 2.15. The molecule has 0 aliphatic carbocycles. The second-order valence-corrected chi connectivity index (χ2v) is 3.82. The summed E-state index contributed by atoms with van der Waals surface area (Å²) < 4.78 is 10.7. The van der Waals surface area contributed by atoms with E-state index in [0.29, 0.717) is 6.61 Å². The summed E-state index contributed by atoms with van der Waals surface area (Å²) >= 11 is 0. The molecule has 3 nitrogen and oxygen atoms in total. The summed E-state index contributed by atoms with van der Waals surface area (Å²) in [4.78, 5) is 10.5. The summed E-state index contributed by atoms with van der Waals surface area (Å²) in [7, 11) is 0. The van der Waals surface area contributed by atoms with Crippen LogP contribution in [0.4, 0.5) is 0 Å². The molecule has 0 unspecified atom stereocenters. The average Bonchev–Trinajstić information content (AvgIpc) is 2.34. The van der Waals surface area contributed by atoms with Crippen LogP contribution in [0, 0.1) is 5.92 Å². The molecule has 0 saturated heterocycles. The molecule has 0 aliphatic rings. The molecule has 0 bridgehead atoms. The lowest BCUT2D eigenvalue weighted by Crippen LogP contribution is -2.20. The Morgan fingerprint density at radius 1 is 1.25 bits per heavy atom. The standard InChI is InChI=1S/C13H18O3/c1-11(8-14)12(2)16-10-15-9-13-6-4-3-5-7-13/h3-8,11-12H,9-10H2,1-2H3/t11-,12-/m1/s1. The van der Waals surface area contributed by atoms with Gasteiger partial charge in [-0.15, -0.1) is 0 Å². The first kappa shape index (κ1) is 12.9. The Labute approximate surface area is 96.4 Å². The Bertz CT molecular complexity index is 297. The van der Waals surface area contributed by atoms with Crippen molar-refractivity contribution in [1.29, 1.82) is 0 Å². The van der Waals surface area contributed by atoms with E-state index in [1.54, 1.807) is 0 Å². The highest BCUT2D eigenvalue weighted by Gasteiger charge is 2.10. The topological polar surface area (TPSA) is 35.5 Å². The lowest BCUT2D eigenvalue weighted by Gasteiger charge is -2.15. The largest absolute Gasteiger partial charge is 0.352 e. The monoisotopic (exact) mass is 222 g/mol. The van der Waals surface area contributed by atoms with Gasteiger partial charge < -0.3 is 14.3 Å². The van der Waals surface area contributed by atoms with Gasteiger partial charge in [0, 0.05) is 5.92 Å². The van der Waals surface area contributed by atoms with Gasteiger partial charge in [0.05, 0.1) is 12.7 Å². The van der Waals surface area contributed by atoms with Gasteiger partial charge in [-0.2, -0.15) is 0 Å². The summed E-state index contributed by atoms with van der Waals surface area (Å²) in [5, 5.41) is 0. The lowest BCUT2D eigenvalue weighted by molar-refractivity contribution is -0.125. The lowest BCUT2D eigenvalue weighted by atomic mass is 10.1. The van der Waals surface area contributed by atoms with Crippen LogP contribution in [0.3, 0.4) is 0 Å². The van der Waals surface area contributed by atoms with Crippen molar-refractivity contribution in [3.05, 3.63) is 35.9 Å². The predicted molar refractivity (Wildman–Crippen MR) is 61.9 cm³/mol. The molecular formula is C13H18O3. The molecular weight excluding hydrogens is 204 g/mol. The minimum absolute atomic E-state index is 0.0969. The van der Waals surface area contributed by atoms with Crippen LogP contribution in [-0.2, 0) is 20.9 Å². The van der Waals surface area contributed by atoms with Gasteiger partial charge in [0.2, 0.25) is 0 Å². The minimum Gasteiger partial charge on any atom is -0.352 e. The first-order valence-electron chi connectivity index (χ1n) is 5.42. The van der Waals surface area contributed by atoms with E-state index >= 15 is 0 Å². The Hall–Kier alpha value is -1.19. The van der Waals surface area contributed by atoms with E-state index in [4.69, 9.17) is 9.47 Å². The average molecular weight is 222 g/mol. The van der Waals surface area contributed by atoms with E-state index in [-0.39, 0.29) is 18.8 Å². The number of carbonyl (C=O) groups is 1. The van der Waals surface area contributed by atoms with Crippen LogP contribution in [0.15, 0.2) is 30.3 Å². The van der Waals surface area contributed by atoms with Crippen molar-refractivity contribution in [2.24, 2.45) is 5.92 Å².